The lowest BCUT2D eigenvalue weighted by atomic mass is 10.6. The fourth-order valence-electron chi connectivity index (χ4n) is 0.466. The number of hydrogen-bond acceptors (Lipinski definition) is 3. The van der Waals surface area contributed by atoms with Gasteiger partial charge in [0.1, 0.15) is 0 Å². The van der Waals surface area contributed by atoms with Gasteiger partial charge in [0.05, 0.1) is 0 Å². The molecule has 4 nitrogen and oxygen atoms in total. The second-order valence-electron chi connectivity index (χ2n) is 2.41. The van der Waals surface area contributed by atoms with E-state index in [9.17, 15) is 4.79 Å². The topological polar surface area (TPSA) is 44.4 Å². The zero-order valence-electron chi connectivity index (χ0n) is 6.77. The van der Waals surface area contributed by atoms with E-state index < -0.39 is 0 Å². The van der Waals surface area contributed by atoms with Crippen LogP contribution < -0.4 is 10.9 Å². The SMILES string of the molecule is CC(=O)NNCCN(C)C. The smallest absolute Gasteiger partial charge is 0.230 e. The summed E-state index contributed by atoms with van der Waals surface area (Å²) in [6.07, 6.45) is 0. The molecule has 0 aromatic rings. The van der Waals surface area contributed by atoms with Crippen molar-refractivity contribution in [2.75, 3.05) is 27.2 Å². The summed E-state index contributed by atoms with van der Waals surface area (Å²) in [5.41, 5.74) is 5.26. The van der Waals surface area contributed by atoms with Crippen molar-refractivity contribution in [2.24, 2.45) is 0 Å². The molecule has 0 saturated heterocycles. The molecule has 0 aromatic carbocycles. The maximum Gasteiger partial charge on any atom is 0.230 e. The molecule has 0 aliphatic carbocycles. The Morgan fingerprint density at radius 2 is 2.10 bits per heavy atom. The van der Waals surface area contributed by atoms with Crippen molar-refractivity contribution in [3.05, 3.63) is 0 Å². The molecule has 0 aromatic heterocycles. The first kappa shape index (κ1) is 9.39. The van der Waals surface area contributed by atoms with Crippen LogP contribution in [0.4, 0.5) is 0 Å². The van der Waals surface area contributed by atoms with Crippen LogP contribution in [0.2, 0.25) is 0 Å². The molecule has 4 heteroatoms. The fraction of sp³-hybridized carbons (Fsp3) is 0.833. The van der Waals surface area contributed by atoms with Gasteiger partial charge in [-0.3, -0.25) is 10.2 Å². The first-order valence-corrected chi connectivity index (χ1v) is 3.27. The Bertz CT molecular complexity index is 103. The number of carbonyl (C=O) groups is 1. The van der Waals surface area contributed by atoms with Crippen molar-refractivity contribution in [3.8, 4) is 0 Å². The van der Waals surface area contributed by atoms with Crippen LogP contribution in [0.5, 0.6) is 0 Å². The molecule has 2 N–H and O–H groups in total. The van der Waals surface area contributed by atoms with Crippen LogP contribution in [0.1, 0.15) is 6.92 Å². The van der Waals surface area contributed by atoms with Gasteiger partial charge in [-0.2, -0.15) is 0 Å². The average Bonchev–Trinajstić information content (AvgIpc) is 1.79. The Morgan fingerprint density at radius 3 is 2.50 bits per heavy atom. The highest BCUT2D eigenvalue weighted by atomic mass is 16.2. The molecule has 0 fully saturated rings. The molecular formula is C6H15N3O. The van der Waals surface area contributed by atoms with Gasteiger partial charge in [0.2, 0.25) is 5.91 Å². The van der Waals surface area contributed by atoms with E-state index in [0.717, 1.165) is 13.1 Å². The van der Waals surface area contributed by atoms with Crippen molar-refractivity contribution in [2.45, 2.75) is 6.92 Å². The minimum atomic E-state index is -0.0567. The van der Waals surface area contributed by atoms with Gasteiger partial charge in [-0.1, -0.05) is 0 Å². The molecule has 1 amide bonds. The van der Waals surface area contributed by atoms with Gasteiger partial charge in [0.15, 0.2) is 0 Å². The number of amides is 1. The van der Waals surface area contributed by atoms with Crippen LogP contribution in [-0.4, -0.2) is 38.0 Å². The average molecular weight is 145 g/mol. The summed E-state index contributed by atoms with van der Waals surface area (Å²) >= 11 is 0. The second-order valence-corrected chi connectivity index (χ2v) is 2.41. The zero-order chi connectivity index (χ0) is 7.98. The lowest BCUT2D eigenvalue weighted by Crippen LogP contribution is -2.39. The molecule has 0 unspecified atom stereocenters. The molecule has 0 aliphatic heterocycles. The molecule has 0 spiro atoms. The van der Waals surface area contributed by atoms with E-state index >= 15 is 0 Å². The standard InChI is InChI=1S/C6H15N3O/c1-6(10)8-7-4-5-9(2)3/h7H,4-5H2,1-3H3,(H,8,10). The van der Waals surface area contributed by atoms with Crippen LogP contribution in [0.25, 0.3) is 0 Å². The summed E-state index contributed by atoms with van der Waals surface area (Å²) in [5, 5.41) is 0. The molecule has 0 aliphatic rings. The van der Waals surface area contributed by atoms with Gasteiger partial charge in [-0.25, -0.2) is 5.43 Å². The van der Waals surface area contributed by atoms with Crippen molar-refractivity contribution >= 4 is 5.91 Å². The number of hydrazine groups is 1. The van der Waals surface area contributed by atoms with E-state index in [2.05, 4.69) is 10.9 Å². The Hall–Kier alpha value is -0.610. The molecule has 0 rings (SSSR count). The summed E-state index contributed by atoms with van der Waals surface area (Å²) < 4.78 is 0. The third-order valence-corrected chi connectivity index (χ3v) is 0.948. The molecular weight excluding hydrogens is 130 g/mol. The highest BCUT2D eigenvalue weighted by Crippen LogP contribution is 1.67. The second kappa shape index (κ2) is 5.20. The Balaban J connectivity index is 2.98. The van der Waals surface area contributed by atoms with E-state index in [1.54, 1.807) is 0 Å². The summed E-state index contributed by atoms with van der Waals surface area (Å²) in [6.45, 7) is 3.16. The number of nitrogens with zero attached hydrogens (tertiary/aromatic N) is 1. The van der Waals surface area contributed by atoms with Crippen LogP contribution in [0, 0.1) is 0 Å². The maximum atomic E-state index is 10.3. The van der Waals surface area contributed by atoms with Crippen molar-refractivity contribution in [1.82, 2.24) is 15.8 Å². The van der Waals surface area contributed by atoms with E-state index in [1.165, 1.54) is 6.92 Å². The molecule has 10 heavy (non-hydrogen) atoms. The number of hydrogen-bond donors (Lipinski definition) is 2. The first-order chi connectivity index (χ1) is 4.63. The number of likely N-dealkylation sites (N-methyl/N-ethyl adjacent to an activating group) is 1. The van der Waals surface area contributed by atoms with E-state index in [1.807, 2.05) is 19.0 Å². The van der Waals surface area contributed by atoms with Crippen molar-refractivity contribution < 1.29 is 4.79 Å². The molecule has 0 bridgehead atoms. The fourth-order valence-corrected chi connectivity index (χ4v) is 0.466. The van der Waals surface area contributed by atoms with Crippen LogP contribution >= 0.6 is 0 Å². The van der Waals surface area contributed by atoms with Gasteiger partial charge >= 0.3 is 0 Å². The monoisotopic (exact) mass is 145 g/mol. The molecule has 0 atom stereocenters. The van der Waals surface area contributed by atoms with Crippen LogP contribution in [0.3, 0.4) is 0 Å². The molecule has 0 saturated carbocycles. The molecule has 60 valence electrons. The lowest BCUT2D eigenvalue weighted by Gasteiger charge is -2.09. The normalized spacial score (nSPS) is 10.0. The van der Waals surface area contributed by atoms with Gasteiger partial charge in [-0.15, -0.1) is 0 Å². The number of carbonyl (C=O) groups excluding carboxylic acids is 1. The lowest BCUT2D eigenvalue weighted by molar-refractivity contribution is -0.119. The van der Waals surface area contributed by atoms with Gasteiger partial charge in [-0.05, 0) is 14.1 Å². The predicted octanol–water partition coefficient (Wildman–Crippen LogP) is -0.811. The van der Waals surface area contributed by atoms with Crippen LogP contribution in [-0.2, 0) is 4.79 Å². The predicted molar refractivity (Wildman–Crippen MR) is 40.4 cm³/mol. The summed E-state index contributed by atoms with van der Waals surface area (Å²) in [7, 11) is 3.96. The summed E-state index contributed by atoms with van der Waals surface area (Å²) in [4.78, 5) is 12.3. The third kappa shape index (κ3) is 7.39. The first-order valence-electron chi connectivity index (χ1n) is 3.27. The van der Waals surface area contributed by atoms with Gasteiger partial charge in [0.25, 0.3) is 0 Å². The minimum absolute atomic E-state index is 0.0567. The van der Waals surface area contributed by atoms with E-state index in [-0.39, 0.29) is 5.91 Å². The minimum Gasteiger partial charge on any atom is -0.308 e. The Morgan fingerprint density at radius 1 is 1.50 bits per heavy atom. The number of nitrogens with one attached hydrogen (secondary N) is 2. The highest BCUT2D eigenvalue weighted by molar-refractivity contribution is 5.72. The zero-order valence-corrected chi connectivity index (χ0v) is 6.77. The maximum absolute atomic E-state index is 10.3. The van der Waals surface area contributed by atoms with E-state index in [4.69, 9.17) is 0 Å². The Labute approximate surface area is 61.6 Å². The summed E-state index contributed by atoms with van der Waals surface area (Å²) in [6, 6.07) is 0. The third-order valence-electron chi connectivity index (χ3n) is 0.948. The quantitative estimate of drug-likeness (QED) is 0.401. The Kier molecular flexibility index (Phi) is 4.88. The van der Waals surface area contributed by atoms with Gasteiger partial charge < -0.3 is 4.90 Å². The largest absolute Gasteiger partial charge is 0.308 e. The number of rotatable bonds is 4. The van der Waals surface area contributed by atoms with Crippen LogP contribution in [0.15, 0.2) is 0 Å². The van der Waals surface area contributed by atoms with Crippen molar-refractivity contribution in [1.29, 1.82) is 0 Å². The van der Waals surface area contributed by atoms with E-state index in [0.29, 0.717) is 0 Å². The molecule has 0 radical (unpaired) electrons. The molecule has 0 heterocycles. The van der Waals surface area contributed by atoms with Gasteiger partial charge in [0, 0.05) is 20.0 Å². The van der Waals surface area contributed by atoms with Crippen molar-refractivity contribution in [3.63, 3.8) is 0 Å². The summed E-state index contributed by atoms with van der Waals surface area (Å²) in [5.74, 6) is -0.0567. The highest BCUT2D eigenvalue weighted by Gasteiger charge is 1.89.